The van der Waals surface area contributed by atoms with Crippen LogP contribution in [0.25, 0.3) is 10.9 Å². The van der Waals surface area contributed by atoms with E-state index < -0.39 is 41.2 Å². The Morgan fingerprint density at radius 3 is 2.17 bits per heavy atom. The number of aromatic amines is 1. The van der Waals surface area contributed by atoms with E-state index in [0.29, 0.717) is 18.6 Å². The van der Waals surface area contributed by atoms with Crippen molar-refractivity contribution in [2.45, 2.75) is 50.5 Å². The highest BCUT2D eigenvalue weighted by molar-refractivity contribution is 5.91. The lowest BCUT2D eigenvalue weighted by Crippen LogP contribution is -2.42. The number of hydrogen-bond donors (Lipinski definition) is 2. The van der Waals surface area contributed by atoms with Crippen LogP contribution in [0.2, 0.25) is 0 Å². The highest BCUT2D eigenvalue weighted by Crippen LogP contribution is 2.36. The summed E-state index contributed by atoms with van der Waals surface area (Å²) in [5.41, 5.74) is -0.783. The molecule has 11 heteroatoms. The first-order valence-corrected chi connectivity index (χ1v) is 12.4. The number of Topliss-reactive ketones (excluding diaryl/α,β-unsaturated/α-hetero) is 1. The van der Waals surface area contributed by atoms with Gasteiger partial charge in [0.2, 0.25) is 5.91 Å². The summed E-state index contributed by atoms with van der Waals surface area (Å²) < 4.78 is 79.5. The van der Waals surface area contributed by atoms with Crippen LogP contribution in [0.15, 0.2) is 73.2 Å². The van der Waals surface area contributed by atoms with Crippen molar-refractivity contribution in [3.8, 4) is 0 Å². The third kappa shape index (κ3) is 7.49. The van der Waals surface area contributed by atoms with Gasteiger partial charge in [-0.15, -0.1) is 0 Å². The molecule has 0 radical (unpaired) electrons. The van der Waals surface area contributed by atoms with E-state index in [2.05, 4.69) is 15.3 Å². The number of aryl methyl sites for hydroxylation is 2. The molecule has 5 nitrogen and oxygen atoms in total. The van der Waals surface area contributed by atoms with Gasteiger partial charge in [0.15, 0.2) is 5.78 Å². The topological polar surface area (TPSA) is 74.8 Å². The van der Waals surface area contributed by atoms with Gasteiger partial charge in [0, 0.05) is 48.8 Å². The van der Waals surface area contributed by atoms with E-state index >= 15 is 0 Å². The summed E-state index contributed by atoms with van der Waals surface area (Å²) in [5, 5.41) is 3.55. The average molecular weight is 562 g/mol. The second-order valence-corrected chi connectivity index (χ2v) is 9.43. The molecule has 2 heterocycles. The number of amides is 1. The Kier molecular flexibility index (Phi) is 8.61. The lowest BCUT2D eigenvalue weighted by Gasteiger charge is -2.19. The van der Waals surface area contributed by atoms with Gasteiger partial charge in [-0.1, -0.05) is 24.3 Å². The van der Waals surface area contributed by atoms with Gasteiger partial charge in [-0.25, -0.2) is 0 Å². The Morgan fingerprint density at radius 1 is 0.850 bits per heavy atom. The van der Waals surface area contributed by atoms with Crippen LogP contribution in [0.3, 0.4) is 0 Å². The maximum absolute atomic E-state index is 13.3. The summed E-state index contributed by atoms with van der Waals surface area (Å²) in [6.45, 7) is 0. The van der Waals surface area contributed by atoms with E-state index in [4.69, 9.17) is 0 Å². The number of fused-ring (bicyclic) bond motifs is 1. The maximum atomic E-state index is 13.3. The fraction of sp³-hybridized carbons (Fsp3) is 0.276. The molecule has 210 valence electrons. The normalized spacial score (nSPS) is 12.8. The molecule has 1 unspecified atom stereocenters. The van der Waals surface area contributed by atoms with Gasteiger partial charge in [0.1, 0.15) is 0 Å². The highest BCUT2D eigenvalue weighted by atomic mass is 19.4. The molecule has 0 aliphatic rings. The molecular formula is C29H25F6N3O2. The summed E-state index contributed by atoms with van der Waals surface area (Å²) >= 11 is 0. The summed E-state index contributed by atoms with van der Waals surface area (Å²) in [7, 11) is 0. The molecule has 4 aromatic rings. The number of halogens is 6. The third-order valence-corrected chi connectivity index (χ3v) is 6.49. The van der Waals surface area contributed by atoms with E-state index in [1.165, 1.54) is 0 Å². The first-order chi connectivity index (χ1) is 18.9. The van der Waals surface area contributed by atoms with Crippen molar-refractivity contribution in [2.24, 2.45) is 0 Å². The minimum atomic E-state index is -4.99. The minimum Gasteiger partial charge on any atom is -0.361 e. The smallest absolute Gasteiger partial charge is 0.361 e. The van der Waals surface area contributed by atoms with Crippen LogP contribution in [-0.2, 0) is 41.2 Å². The largest absolute Gasteiger partial charge is 0.416 e. The number of carbonyl (C=O) groups is 2. The molecule has 0 aliphatic heterocycles. The van der Waals surface area contributed by atoms with Crippen LogP contribution in [-0.4, -0.2) is 27.7 Å². The molecule has 1 atom stereocenters. The maximum Gasteiger partial charge on any atom is 0.416 e. The predicted octanol–water partition coefficient (Wildman–Crippen LogP) is 6.46. The Hall–Kier alpha value is -4.15. The molecule has 0 aliphatic carbocycles. The molecule has 4 rings (SSSR count). The van der Waals surface area contributed by atoms with Crippen molar-refractivity contribution in [3.05, 3.63) is 101 Å². The Balaban J connectivity index is 1.52. The van der Waals surface area contributed by atoms with Crippen molar-refractivity contribution in [2.75, 3.05) is 0 Å². The molecule has 0 fully saturated rings. The van der Waals surface area contributed by atoms with Gasteiger partial charge < -0.3 is 10.3 Å². The Bertz CT molecular complexity index is 1450. The zero-order chi connectivity index (χ0) is 28.9. The third-order valence-electron chi connectivity index (χ3n) is 6.49. The van der Waals surface area contributed by atoms with E-state index in [0.717, 1.165) is 22.0 Å². The quantitative estimate of drug-likeness (QED) is 0.218. The van der Waals surface area contributed by atoms with Crippen molar-refractivity contribution in [1.29, 1.82) is 0 Å². The average Bonchev–Trinajstić information content (AvgIpc) is 3.32. The molecule has 40 heavy (non-hydrogen) atoms. The Morgan fingerprint density at radius 2 is 1.52 bits per heavy atom. The van der Waals surface area contributed by atoms with Gasteiger partial charge in [-0.2, -0.15) is 26.3 Å². The van der Waals surface area contributed by atoms with Gasteiger partial charge in [-0.05, 0) is 59.9 Å². The number of alkyl halides is 6. The number of benzene rings is 2. The van der Waals surface area contributed by atoms with Crippen LogP contribution < -0.4 is 5.32 Å². The molecule has 2 aromatic carbocycles. The lowest BCUT2D eigenvalue weighted by molar-refractivity contribution is -0.143. The number of H-pyrrole nitrogens is 1. The van der Waals surface area contributed by atoms with Gasteiger partial charge >= 0.3 is 12.4 Å². The van der Waals surface area contributed by atoms with Crippen LogP contribution >= 0.6 is 0 Å². The van der Waals surface area contributed by atoms with Crippen molar-refractivity contribution >= 4 is 22.6 Å². The fourth-order valence-corrected chi connectivity index (χ4v) is 4.44. The molecule has 2 N–H and O–H groups in total. The van der Waals surface area contributed by atoms with Gasteiger partial charge in [0.25, 0.3) is 0 Å². The highest BCUT2D eigenvalue weighted by Gasteiger charge is 2.37. The molecule has 0 spiro atoms. The number of nitrogens with zero attached hydrogens (tertiary/aromatic N) is 1. The summed E-state index contributed by atoms with van der Waals surface area (Å²) in [6, 6.07) is 11.1. The zero-order valence-electron chi connectivity index (χ0n) is 21.1. The van der Waals surface area contributed by atoms with Gasteiger partial charge in [-0.3, -0.25) is 14.6 Å². The monoisotopic (exact) mass is 561 g/mol. The zero-order valence-corrected chi connectivity index (χ0v) is 21.1. The second kappa shape index (κ2) is 11.9. The fourth-order valence-electron chi connectivity index (χ4n) is 4.44. The van der Waals surface area contributed by atoms with Gasteiger partial charge in [0.05, 0.1) is 17.2 Å². The number of rotatable bonds is 10. The van der Waals surface area contributed by atoms with E-state index in [-0.39, 0.29) is 37.3 Å². The molecular weight excluding hydrogens is 536 g/mol. The molecule has 0 bridgehead atoms. The second-order valence-electron chi connectivity index (χ2n) is 9.43. The molecule has 1 amide bonds. The van der Waals surface area contributed by atoms with E-state index in [1.807, 2.05) is 24.3 Å². The summed E-state index contributed by atoms with van der Waals surface area (Å²) in [6.07, 6.45) is -5.25. The Labute approximate surface area is 225 Å². The number of aromatic nitrogens is 2. The van der Waals surface area contributed by atoms with Crippen molar-refractivity contribution in [3.63, 3.8) is 0 Å². The number of carbonyl (C=O) groups excluding carboxylic acids is 2. The number of nitrogens with one attached hydrogen (secondary N) is 2. The number of pyridine rings is 1. The summed E-state index contributed by atoms with van der Waals surface area (Å²) in [5.74, 6) is -0.925. The van der Waals surface area contributed by atoms with Crippen LogP contribution in [0.4, 0.5) is 26.3 Å². The standard InChI is InChI=1S/C29H25F6N3O2/c30-28(31,32)21-12-19(13-22(15-21)29(33,34)35)7-9-26(39)25(14-20-17-37-24-6-2-1-5-23(20)24)38-27(40)10-8-18-4-3-11-36-16-18/h1-6,11-13,15-17,25,37H,7-10,14H2,(H,38,40). The van der Waals surface area contributed by atoms with Crippen molar-refractivity contribution < 1.29 is 35.9 Å². The predicted molar refractivity (Wildman–Crippen MR) is 136 cm³/mol. The lowest BCUT2D eigenvalue weighted by atomic mass is 9.95. The first kappa shape index (κ1) is 28.8. The number of ketones is 1. The summed E-state index contributed by atoms with van der Waals surface area (Å²) in [4.78, 5) is 33.1. The van der Waals surface area contributed by atoms with Crippen molar-refractivity contribution in [1.82, 2.24) is 15.3 Å². The molecule has 0 saturated carbocycles. The number of hydrogen-bond acceptors (Lipinski definition) is 3. The molecule has 0 saturated heterocycles. The number of para-hydroxylation sites is 1. The SMILES string of the molecule is O=C(CCc1cccnc1)NC(Cc1c[nH]c2ccccc12)C(=O)CCc1cc(C(F)(F)F)cc(C(F)(F)F)c1. The minimum absolute atomic E-state index is 0.0492. The van der Waals surface area contributed by atoms with E-state index in [9.17, 15) is 35.9 Å². The van der Waals surface area contributed by atoms with E-state index in [1.54, 1.807) is 30.7 Å². The van der Waals surface area contributed by atoms with Crippen LogP contribution in [0.1, 0.15) is 40.7 Å². The van der Waals surface area contributed by atoms with Crippen LogP contribution in [0, 0.1) is 0 Å². The first-order valence-electron chi connectivity index (χ1n) is 12.4. The van der Waals surface area contributed by atoms with Crippen LogP contribution in [0.5, 0.6) is 0 Å². The molecule has 2 aromatic heterocycles.